The topological polar surface area (TPSA) is 61.9 Å². The van der Waals surface area contributed by atoms with E-state index in [0.29, 0.717) is 0 Å². The van der Waals surface area contributed by atoms with Crippen LogP contribution in [0.4, 0.5) is 0 Å². The Hall–Kier alpha value is -2.17. The van der Waals surface area contributed by atoms with E-state index in [1.165, 1.54) is 16.7 Å². The fraction of sp³-hybridized carbons (Fsp3) is 0.550. The van der Waals surface area contributed by atoms with Crippen molar-refractivity contribution in [1.29, 1.82) is 0 Å². The Kier molecular flexibility index (Phi) is 3.89. The lowest BCUT2D eigenvalue weighted by Gasteiger charge is -2.33. The molecule has 0 bridgehead atoms. The third-order valence-electron chi connectivity index (χ3n) is 5.62. The number of carbonyl (C=O) groups excluding carboxylic acids is 1. The number of benzene rings is 1. The van der Waals surface area contributed by atoms with Crippen molar-refractivity contribution in [3.8, 4) is 0 Å². The maximum atomic E-state index is 13.0. The minimum Gasteiger partial charge on any atom is -0.338 e. The van der Waals surface area contributed by atoms with Crippen molar-refractivity contribution < 1.29 is 4.79 Å². The number of H-pyrrole nitrogens is 1. The van der Waals surface area contributed by atoms with Crippen LogP contribution in [0.5, 0.6) is 0 Å². The van der Waals surface area contributed by atoms with Gasteiger partial charge in [-0.1, -0.05) is 39.0 Å². The van der Waals surface area contributed by atoms with Crippen molar-refractivity contribution in [2.75, 3.05) is 6.54 Å². The van der Waals surface area contributed by atoms with Crippen molar-refractivity contribution in [3.63, 3.8) is 0 Å². The highest BCUT2D eigenvalue weighted by atomic mass is 16.2. The summed E-state index contributed by atoms with van der Waals surface area (Å²) in [5.41, 5.74) is 6.24. The smallest absolute Gasteiger partial charge is 0.226 e. The van der Waals surface area contributed by atoms with Crippen LogP contribution in [0.1, 0.15) is 55.3 Å². The van der Waals surface area contributed by atoms with Gasteiger partial charge in [-0.3, -0.25) is 4.79 Å². The second kappa shape index (κ2) is 5.97. The predicted molar refractivity (Wildman–Crippen MR) is 96.2 cm³/mol. The van der Waals surface area contributed by atoms with Crippen LogP contribution in [0.25, 0.3) is 0 Å². The van der Waals surface area contributed by atoms with Gasteiger partial charge in [-0.2, -0.15) is 15.4 Å². The van der Waals surface area contributed by atoms with E-state index >= 15 is 0 Å². The molecule has 0 saturated carbocycles. The summed E-state index contributed by atoms with van der Waals surface area (Å²) < 4.78 is 0. The lowest BCUT2D eigenvalue weighted by molar-refractivity contribution is -0.136. The lowest BCUT2D eigenvalue weighted by atomic mass is 9.83. The average Bonchev–Trinajstić information content (AvgIpc) is 3.07. The minimum absolute atomic E-state index is 0.0491. The second-order valence-corrected chi connectivity index (χ2v) is 8.40. The molecule has 5 nitrogen and oxygen atoms in total. The zero-order valence-corrected chi connectivity index (χ0v) is 15.3. The molecule has 0 fully saturated rings. The summed E-state index contributed by atoms with van der Waals surface area (Å²) in [5.74, 6) is 0.326. The van der Waals surface area contributed by atoms with E-state index in [4.69, 9.17) is 0 Å². The first kappa shape index (κ1) is 16.3. The highest BCUT2D eigenvalue weighted by Crippen LogP contribution is 2.30. The van der Waals surface area contributed by atoms with Crippen LogP contribution in [-0.4, -0.2) is 32.8 Å². The van der Waals surface area contributed by atoms with Gasteiger partial charge in [0.15, 0.2) is 0 Å². The zero-order valence-electron chi connectivity index (χ0n) is 15.3. The molecule has 1 aromatic carbocycles. The Balaban J connectivity index is 1.48. The fourth-order valence-corrected chi connectivity index (χ4v) is 3.96. The summed E-state index contributed by atoms with van der Waals surface area (Å²) in [6.07, 6.45) is 3.40. The van der Waals surface area contributed by atoms with Crippen LogP contribution in [0, 0.1) is 5.92 Å². The summed E-state index contributed by atoms with van der Waals surface area (Å²) in [7, 11) is 0. The number of hydrogen-bond donors (Lipinski definition) is 1. The van der Waals surface area contributed by atoms with Gasteiger partial charge in [0.1, 0.15) is 0 Å². The minimum atomic E-state index is 0.0491. The number of fused-ring (bicyclic) bond motifs is 2. The number of nitrogens with zero attached hydrogens (tertiary/aromatic N) is 3. The van der Waals surface area contributed by atoms with Gasteiger partial charge in [-0.15, -0.1) is 0 Å². The molecular formula is C20H26N4O. The number of hydrogen-bond acceptors (Lipinski definition) is 3. The van der Waals surface area contributed by atoms with Crippen LogP contribution in [0.2, 0.25) is 0 Å². The summed E-state index contributed by atoms with van der Waals surface area (Å²) in [6, 6.07) is 6.76. The van der Waals surface area contributed by atoms with Crippen molar-refractivity contribution in [2.45, 2.75) is 58.4 Å². The molecule has 4 rings (SSSR count). The van der Waals surface area contributed by atoms with Crippen molar-refractivity contribution in [1.82, 2.24) is 20.3 Å². The van der Waals surface area contributed by atoms with Crippen LogP contribution in [0.15, 0.2) is 18.2 Å². The Bertz CT molecular complexity index is 802. The number of rotatable bonds is 1. The molecule has 25 heavy (non-hydrogen) atoms. The molecule has 0 saturated heterocycles. The van der Waals surface area contributed by atoms with Crippen molar-refractivity contribution in [2.24, 2.45) is 5.92 Å². The zero-order chi connectivity index (χ0) is 17.6. The quantitative estimate of drug-likeness (QED) is 0.870. The van der Waals surface area contributed by atoms with E-state index in [1.807, 2.05) is 4.90 Å². The van der Waals surface area contributed by atoms with E-state index in [-0.39, 0.29) is 17.2 Å². The molecule has 1 aliphatic heterocycles. The molecule has 132 valence electrons. The van der Waals surface area contributed by atoms with Gasteiger partial charge in [0.2, 0.25) is 5.91 Å². The van der Waals surface area contributed by atoms with Crippen LogP contribution in [0.3, 0.4) is 0 Å². The SMILES string of the molecule is CC(C)(C)c1ccc2c(c1)CCN(C(=O)[C@H]1CCc3n[nH]nc3C1)C2. The van der Waals surface area contributed by atoms with Gasteiger partial charge in [-0.05, 0) is 41.4 Å². The highest BCUT2D eigenvalue weighted by molar-refractivity contribution is 5.79. The predicted octanol–water partition coefficient (Wildman–Crippen LogP) is 2.79. The summed E-state index contributed by atoms with van der Waals surface area (Å²) in [4.78, 5) is 15.0. The van der Waals surface area contributed by atoms with E-state index in [9.17, 15) is 4.79 Å². The monoisotopic (exact) mass is 338 g/mol. The summed E-state index contributed by atoms with van der Waals surface area (Å²) in [5, 5.41) is 11.0. The van der Waals surface area contributed by atoms with Crippen LogP contribution in [-0.2, 0) is 36.0 Å². The van der Waals surface area contributed by atoms with Gasteiger partial charge in [0.05, 0.1) is 11.4 Å². The fourth-order valence-electron chi connectivity index (χ4n) is 3.96. The molecular weight excluding hydrogens is 312 g/mol. The van der Waals surface area contributed by atoms with Gasteiger partial charge in [-0.25, -0.2) is 0 Å². The average molecular weight is 338 g/mol. The first-order valence-electron chi connectivity index (χ1n) is 9.21. The van der Waals surface area contributed by atoms with Gasteiger partial charge in [0.25, 0.3) is 0 Å². The molecule has 2 aromatic rings. The largest absolute Gasteiger partial charge is 0.338 e. The Morgan fingerprint density at radius 1 is 1.16 bits per heavy atom. The second-order valence-electron chi connectivity index (χ2n) is 8.40. The van der Waals surface area contributed by atoms with Crippen LogP contribution < -0.4 is 0 Å². The lowest BCUT2D eigenvalue weighted by Crippen LogP contribution is -2.41. The molecule has 2 heterocycles. The molecule has 0 spiro atoms. The van der Waals surface area contributed by atoms with Crippen molar-refractivity contribution >= 4 is 5.91 Å². The van der Waals surface area contributed by atoms with Gasteiger partial charge >= 0.3 is 0 Å². The molecule has 1 aromatic heterocycles. The number of nitrogens with one attached hydrogen (secondary N) is 1. The van der Waals surface area contributed by atoms with E-state index in [0.717, 1.165) is 50.2 Å². The first-order chi connectivity index (χ1) is 11.9. The highest BCUT2D eigenvalue weighted by Gasteiger charge is 2.32. The Morgan fingerprint density at radius 2 is 1.96 bits per heavy atom. The molecule has 1 atom stereocenters. The van der Waals surface area contributed by atoms with Crippen LogP contribution >= 0.6 is 0 Å². The first-order valence-corrected chi connectivity index (χ1v) is 9.21. The molecule has 0 unspecified atom stereocenters. The summed E-state index contributed by atoms with van der Waals surface area (Å²) >= 11 is 0. The standard InChI is InChI=1S/C20H26N4O/c1-20(2,3)16-6-4-15-12-24(9-8-13(15)10-16)19(25)14-5-7-17-18(11-14)22-23-21-17/h4,6,10,14H,5,7-9,11-12H2,1-3H3,(H,21,22,23)/t14-/m0/s1. The molecule has 1 amide bonds. The van der Waals surface area contributed by atoms with E-state index < -0.39 is 0 Å². The number of aromatic nitrogens is 3. The number of aryl methyl sites for hydroxylation is 1. The maximum absolute atomic E-state index is 13.0. The maximum Gasteiger partial charge on any atom is 0.226 e. The van der Waals surface area contributed by atoms with E-state index in [2.05, 4.69) is 54.4 Å². The summed E-state index contributed by atoms with van der Waals surface area (Å²) in [6.45, 7) is 8.29. The van der Waals surface area contributed by atoms with E-state index in [1.54, 1.807) is 0 Å². The Morgan fingerprint density at radius 3 is 2.76 bits per heavy atom. The van der Waals surface area contributed by atoms with Gasteiger partial charge < -0.3 is 4.90 Å². The molecule has 1 N–H and O–H groups in total. The van der Waals surface area contributed by atoms with Crippen molar-refractivity contribution in [3.05, 3.63) is 46.3 Å². The molecule has 2 aliphatic rings. The van der Waals surface area contributed by atoms with Gasteiger partial charge in [0, 0.05) is 25.4 Å². The number of carbonyl (C=O) groups is 1. The normalized spacial score (nSPS) is 20.1. The number of amides is 1. The molecule has 1 aliphatic carbocycles. The number of aromatic amines is 1. The third-order valence-corrected chi connectivity index (χ3v) is 5.62. The Labute approximate surface area is 148 Å². The molecule has 0 radical (unpaired) electrons. The molecule has 5 heteroatoms. The third kappa shape index (κ3) is 3.08.